The zero-order valence-electron chi connectivity index (χ0n) is 12.7. The Morgan fingerprint density at radius 3 is 2.38 bits per heavy atom. The molecule has 1 heterocycles. The number of hydrogen-bond acceptors (Lipinski definition) is 4. The first kappa shape index (κ1) is 15.7. The fourth-order valence-corrected chi connectivity index (χ4v) is 2.62. The summed E-state index contributed by atoms with van der Waals surface area (Å²) in [6.45, 7) is 3.36. The van der Waals surface area contributed by atoms with Crippen molar-refractivity contribution in [3.8, 4) is 0 Å². The SMILES string of the molecule is C=CC(=O)Nc1ccc(C(=O)NC2(C3NC(=O)NC3=O)CC2)cc1. The molecule has 4 N–H and O–H groups in total. The minimum Gasteiger partial charge on any atom is -0.344 e. The standard InChI is InChI=1S/C16H16N4O4/c1-2-11(21)17-10-5-3-9(4-6-10)13(22)20-16(7-8-16)12-14(23)19-15(24)18-12/h2-6,12H,1,7-8H2,(H,17,21)(H,20,22)(H2,18,19,23,24). The van der Waals surface area contributed by atoms with Gasteiger partial charge < -0.3 is 16.0 Å². The van der Waals surface area contributed by atoms with Gasteiger partial charge in [-0.2, -0.15) is 0 Å². The van der Waals surface area contributed by atoms with Gasteiger partial charge in [0.05, 0.1) is 5.54 Å². The predicted octanol–water partition coefficient (Wildman–Crippen LogP) is 0.281. The highest BCUT2D eigenvalue weighted by Gasteiger charge is 2.56. The van der Waals surface area contributed by atoms with E-state index in [1.165, 1.54) is 0 Å². The average Bonchev–Trinajstić information content (AvgIpc) is 3.24. The smallest absolute Gasteiger partial charge is 0.322 e. The maximum atomic E-state index is 12.4. The Hall–Kier alpha value is -3.16. The molecule has 1 saturated carbocycles. The molecule has 1 aromatic carbocycles. The van der Waals surface area contributed by atoms with Crippen molar-refractivity contribution in [1.29, 1.82) is 0 Å². The molecular weight excluding hydrogens is 312 g/mol. The van der Waals surface area contributed by atoms with Crippen LogP contribution in [-0.4, -0.2) is 35.3 Å². The van der Waals surface area contributed by atoms with Crippen LogP contribution < -0.4 is 21.3 Å². The molecule has 1 atom stereocenters. The van der Waals surface area contributed by atoms with Gasteiger partial charge in [0, 0.05) is 11.3 Å². The van der Waals surface area contributed by atoms with E-state index in [4.69, 9.17) is 0 Å². The van der Waals surface area contributed by atoms with Gasteiger partial charge in [0.15, 0.2) is 0 Å². The number of amides is 5. The van der Waals surface area contributed by atoms with Gasteiger partial charge in [-0.05, 0) is 43.2 Å². The second kappa shape index (κ2) is 5.80. The Balaban J connectivity index is 1.67. The quantitative estimate of drug-likeness (QED) is 0.459. The molecule has 0 aromatic heterocycles. The first-order valence-electron chi connectivity index (χ1n) is 7.41. The highest BCUT2D eigenvalue weighted by Crippen LogP contribution is 2.40. The second-order valence-electron chi connectivity index (χ2n) is 5.78. The first-order valence-corrected chi connectivity index (χ1v) is 7.41. The van der Waals surface area contributed by atoms with E-state index in [2.05, 4.69) is 27.8 Å². The van der Waals surface area contributed by atoms with Gasteiger partial charge in [0.2, 0.25) is 5.91 Å². The number of benzene rings is 1. The van der Waals surface area contributed by atoms with E-state index in [0.717, 1.165) is 6.08 Å². The van der Waals surface area contributed by atoms with Gasteiger partial charge in [0.25, 0.3) is 11.8 Å². The number of hydrogen-bond donors (Lipinski definition) is 4. The fraction of sp³-hybridized carbons (Fsp3) is 0.250. The monoisotopic (exact) mass is 328 g/mol. The molecule has 124 valence electrons. The Kier molecular flexibility index (Phi) is 3.80. The lowest BCUT2D eigenvalue weighted by molar-refractivity contribution is -0.121. The molecule has 8 heteroatoms. The van der Waals surface area contributed by atoms with Crippen molar-refractivity contribution in [3.05, 3.63) is 42.5 Å². The molecule has 1 aliphatic heterocycles. The zero-order chi connectivity index (χ0) is 17.3. The number of carbonyl (C=O) groups is 4. The van der Waals surface area contributed by atoms with Gasteiger partial charge in [-0.3, -0.25) is 19.7 Å². The van der Waals surface area contributed by atoms with Crippen LogP contribution >= 0.6 is 0 Å². The van der Waals surface area contributed by atoms with Crippen LogP contribution in [0.1, 0.15) is 23.2 Å². The lowest BCUT2D eigenvalue weighted by atomic mass is 10.1. The van der Waals surface area contributed by atoms with Crippen LogP contribution in [0.5, 0.6) is 0 Å². The van der Waals surface area contributed by atoms with Gasteiger partial charge >= 0.3 is 6.03 Å². The molecule has 1 saturated heterocycles. The number of urea groups is 1. The van der Waals surface area contributed by atoms with Crippen LogP contribution in [0, 0.1) is 0 Å². The van der Waals surface area contributed by atoms with Crippen LogP contribution in [0.2, 0.25) is 0 Å². The maximum Gasteiger partial charge on any atom is 0.322 e. The summed E-state index contributed by atoms with van der Waals surface area (Å²) in [7, 11) is 0. The first-order chi connectivity index (χ1) is 11.4. The van der Waals surface area contributed by atoms with E-state index in [1.54, 1.807) is 24.3 Å². The van der Waals surface area contributed by atoms with E-state index < -0.39 is 23.5 Å². The summed E-state index contributed by atoms with van der Waals surface area (Å²) in [4.78, 5) is 46.6. The van der Waals surface area contributed by atoms with Crippen molar-refractivity contribution in [3.63, 3.8) is 0 Å². The minimum atomic E-state index is -0.750. The summed E-state index contributed by atoms with van der Waals surface area (Å²) in [5.41, 5.74) is 0.200. The summed E-state index contributed by atoms with van der Waals surface area (Å²) in [6, 6.07) is 5.03. The third-order valence-corrected chi connectivity index (χ3v) is 4.08. The molecule has 5 amide bonds. The molecule has 2 aliphatic rings. The average molecular weight is 328 g/mol. The van der Waals surface area contributed by atoms with Crippen LogP contribution in [0.4, 0.5) is 10.5 Å². The van der Waals surface area contributed by atoms with Crippen LogP contribution in [0.3, 0.4) is 0 Å². The van der Waals surface area contributed by atoms with E-state index >= 15 is 0 Å². The number of rotatable bonds is 5. The Labute approximate surface area is 137 Å². The van der Waals surface area contributed by atoms with Crippen molar-refractivity contribution in [2.24, 2.45) is 0 Å². The molecule has 2 fully saturated rings. The van der Waals surface area contributed by atoms with Gasteiger partial charge in [0.1, 0.15) is 6.04 Å². The number of imide groups is 1. The third kappa shape index (κ3) is 2.98. The number of anilines is 1. The normalized spacial score (nSPS) is 20.6. The summed E-state index contributed by atoms with van der Waals surface area (Å²) in [5.74, 6) is -1.12. The van der Waals surface area contributed by atoms with E-state index in [-0.39, 0.29) is 11.8 Å². The zero-order valence-corrected chi connectivity index (χ0v) is 12.7. The van der Waals surface area contributed by atoms with Gasteiger partial charge in [-0.1, -0.05) is 6.58 Å². The molecule has 0 bridgehead atoms. The molecule has 24 heavy (non-hydrogen) atoms. The van der Waals surface area contributed by atoms with E-state index in [1.807, 2.05) is 0 Å². The summed E-state index contributed by atoms with van der Waals surface area (Å²) in [6.07, 6.45) is 2.38. The molecular formula is C16H16N4O4. The topological polar surface area (TPSA) is 116 Å². The van der Waals surface area contributed by atoms with Crippen LogP contribution in [0.25, 0.3) is 0 Å². The summed E-state index contributed by atoms with van der Waals surface area (Å²) < 4.78 is 0. The molecule has 8 nitrogen and oxygen atoms in total. The van der Waals surface area contributed by atoms with Crippen molar-refractivity contribution >= 4 is 29.4 Å². The Morgan fingerprint density at radius 1 is 1.21 bits per heavy atom. The molecule has 1 aliphatic carbocycles. The minimum absolute atomic E-state index is 0.341. The second-order valence-corrected chi connectivity index (χ2v) is 5.78. The largest absolute Gasteiger partial charge is 0.344 e. The predicted molar refractivity (Wildman–Crippen MR) is 85.2 cm³/mol. The van der Waals surface area contributed by atoms with Crippen LogP contribution in [0.15, 0.2) is 36.9 Å². The number of nitrogens with one attached hydrogen (secondary N) is 4. The Bertz CT molecular complexity index is 737. The van der Waals surface area contributed by atoms with Crippen molar-refractivity contribution < 1.29 is 19.2 Å². The lowest BCUT2D eigenvalue weighted by Crippen LogP contribution is -2.53. The summed E-state index contributed by atoms with van der Waals surface area (Å²) in [5, 5.41) is 10.1. The van der Waals surface area contributed by atoms with E-state index in [0.29, 0.717) is 24.1 Å². The Morgan fingerprint density at radius 2 is 1.88 bits per heavy atom. The summed E-state index contributed by atoms with van der Waals surface area (Å²) >= 11 is 0. The third-order valence-electron chi connectivity index (χ3n) is 4.08. The van der Waals surface area contributed by atoms with Gasteiger partial charge in [-0.15, -0.1) is 0 Å². The molecule has 0 spiro atoms. The van der Waals surface area contributed by atoms with Crippen molar-refractivity contribution in [1.82, 2.24) is 16.0 Å². The van der Waals surface area contributed by atoms with Crippen molar-refractivity contribution in [2.75, 3.05) is 5.32 Å². The molecule has 1 aromatic rings. The molecule has 1 unspecified atom stereocenters. The van der Waals surface area contributed by atoms with Crippen molar-refractivity contribution in [2.45, 2.75) is 24.4 Å². The lowest BCUT2D eigenvalue weighted by Gasteiger charge is -2.22. The maximum absolute atomic E-state index is 12.4. The van der Waals surface area contributed by atoms with Gasteiger partial charge in [-0.25, -0.2) is 4.79 Å². The van der Waals surface area contributed by atoms with Crippen LogP contribution in [-0.2, 0) is 9.59 Å². The number of carbonyl (C=O) groups excluding carboxylic acids is 4. The highest BCUT2D eigenvalue weighted by atomic mass is 16.2. The fourth-order valence-electron chi connectivity index (χ4n) is 2.62. The molecule has 3 rings (SSSR count). The van der Waals surface area contributed by atoms with E-state index in [9.17, 15) is 19.2 Å². The molecule has 0 radical (unpaired) electrons. The highest BCUT2D eigenvalue weighted by molar-refractivity contribution is 6.06.